The number of aromatic carboxylic acids is 2. The van der Waals surface area contributed by atoms with Crippen LogP contribution >= 0.6 is 0 Å². The number of carbonyl (C=O) groups excluding carboxylic acids is 3. The molecule has 18 nitrogen and oxygen atoms in total. The summed E-state index contributed by atoms with van der Waals surface area (Å²) in [4.78, 5) is 83.7. The van der Waals surface area contributed by atoms with Gasteiger partial charge in [-0.15, -0.1) is 149 Å². The van der Waals surface area contributed by atoms with Gasteiger partial charge in [-0.3, -0.25) is 28.1 Å². The zero-order valence-corrected chi connectivity index (χ0v) is 80.7. The van der Waals surface area contributed by atoms with Gasteiger partial charge >= 0.3 is 18.1 Å². The van der Waals surface area contributed by atoms with Gasteiger partial charge in [0.25, 0.3) is 0 Å². The Morgan fingerprint density at radius 3 is 1.15 bits per heavy atom. The molecule has 15 aromatic rings. The largest absolute Gasteiger partial charge is 0.512 e. The molecular formula is C99H82F5Ir5N8O10-5. The number of allylic oxidation sites excluding steroid dienone is 6. The first-order valence-corrected chi connectivity index (χ1v) is 36.9. The maximum atomic E-state index is 13.2. The van der Waals surface area contributed by atoms with Crippen molar-refractivity contribution in [1.82, 2.24) is 39.9 Å². The van der Waals surface area contributed by atoms with E-state index in [1.54, 1.807) is 92.2 Å². The van der Waals surface area contributed by atoms with Crippen LogP contribution in [0.3, 0.4) is 0 Å². The fraction of sp³-hybridized carbons (Fsp3) is 0.0808. The van der Waals surface area contributed by atoms with E-state index in [2.05, 4.69) is 84.5 Å². The van der Waals surface area contributed by atoms with Crippen LogP contribution in [-0.2, 0) is 121 Å². The van der Waals surface area contributed by atoms with Crippen LogP contribution in [0, 0.1) is 48.9 Å². The summed E-state index contributed by atoms with van der Waals surface area (Å²) in [6.07, 6.45) is 10.6. The smallest absolute Gasteiger partial charge is 0.399 e. The minimum Gasteiger partial charge on any atom is -0.512 e. The number of alkyl halides is 3. The molecule has 127 heavy (non-hydrogen) atoms. The SMILES string of the molecule is CC(=O)C=C(C)O.CC(=O)C=C(C)O.CC(=O)C=C(C)O.Cc1cc(-c2ccccn2)[c-]c(C(F)(F)F)c1.Fc1c[c-]c(-c2ccccn2)c(F)c1.O=C(O)c1ccccn1.O=C(O)c1ccccn1.[Ir].[Ir].[Ir].[Ir].[Ir].[c-]1ccccc1-c1ccccn1.[c-]1ccccc1-c1ncc(-c2ccccc2)nc1-c1ccccc1.[c-]1ccccc1-c1nccc2ccccc12. The Labute approximate surface area is 801 Å². The van der Waals surface area contributed by atoms with Gasteiger partial charge in [0.1, 0.15) is 11.4 Å². The number of hydrogen-bond acceptors (Lipinski definition) is 16. The number of halogens is 5. The number of nitrogens with zero attached hydrogens (tertiary/aromatic N) is 8. The maximum Gasteiger partial charge on any atom is 0.399 e. The van der Waals surface area contributed by atoms with Crippen LogP contribution < -0.4 is 0 Å². The standard InChI is InChI=1S/C22H15N2.C15H10N.C13H9F3N.C11H6F2N.C11H8N.2C6H5NO2.3C5H8O2.5Ir/c1-4-10-17(11-5-1)20-16-23-21(18-12-6-2-7-13-18)22(24-20)19-14-8-3-9-15-19;1-2-7-13(8-3-1)15-14-9-5-4-6-12(14)10-11-16-15;1-9-6-10(12-4-2-3-5-17-12)8-11(7-9)13(14,15)16;12-8-4-5-9(10(13)7-8)11-3-1-2-6-14-11;1-2-6-10(7-3-1)11-8-4-5-9-12-11;2*8-6(9)5-3-1-2-4-7-5;3*1-4(6)3-5(2)7;;;;;/h1-12,14-16H;1-7,9-11H;2-7H,1H3;1-4,6-7H;1-6,8-9H;2*1-4H,(H,8,9);3*3,6H,1-2H3;;;;;/q5*-1;;;;;;;;;;. The number of benzene rings is 8. The van der Waals surface area contributed by atoms with Gasteiger partial charge in [0.2, 0.25) is 0 Å². The maximum absolute atomic E-state index is 13.2. The van der Waals surface area contributed by atoms with Crippen LogP contribution in [0.4, 0.5) is 22.0 Å². The Hall–Kier alpha value is -12.5. The first kappa shape index (κ1) is 112. The van der Waals surface area contributed by atoms with E-state index < -0.39 is 35.3 Å². The monoisotopic (exact) mass is 2600 g/mol. The van der Waals surface area contributed by atoms with Gasteiger partial charge in [-0.25, -0.2) is 19.6 Å². The fourth-order valence-electron chi connectivity index (χ4n) is 10.2. The average Bonchev–Trinajstić information content (AvgIpc) is 0.801. The Kier molecular flexibility index (Phi) is 54.7. The molecule has 5 N–H and O–H groups in total. The number of aromatic nitrogens is 8. The molecule has 0 saturated heterocycles. The number of aryl methyl sites for hydroxylation is 1. The Bertz CT molecular complexity index is 5680. The quantitative estimate of drug-likeness (QED) is 0.0329. The number of carboxylic acids is 2. The molecule has 15 rings (SSSR count). The number of hydrogen-bond donors (Lipinski definition) is 5. The van der Waals surface area contributed by atoms with Crippen molar-refractivity contribution in [2.24, 2.45) is 0 Å². The molecule has 8 aromatic carbocycles. The van der Waals surface area contributed by atoms with E-state index in [4.69, 9.17) is 35.5 Å². The minimum atomic E-state index is -4.38. The van der Waals surface area contributed by atoms with Crippen LogP contribution in [0.25, 0.3) is 89.6 Å². The third kappa shape index (κ3) is 43.3. The third-order valence-electron chi connectivity index (χ3n) is 15.2. The number of carboxylic acid groups (broad SMARTS) is 2. The number of rotatable bonds is 12. The second-order valence-corrected chi connectivity index (χ2v) is 25.3. The normalized spacial score (nSPS) is 10.0. The molecule has 663 valence electrons. The second-order valence-electron chi connectivity index (χ2n) is 25.3. The van der Waals surface area contributed by atoms with Crippen LogP contribution in [0.2, 0.25) is 0 Å². The molecular weight excluding hydrogens is 2520 g/mol. The van der Waals surface area contributed by atoms with E-state index in [1.165, 1.54) is 95.1 Å². The third-order valence-corrected chi connectivity index (χ3v) is 15.2. The van der Waals surface area contributed by atoms with Gasteiger partial charge < -0.3 is 50.5 Å². The van der Waals surface area contributed by atoms with Crippen molar-refractivity contribution in [2.45, 2.75) is 54.6 Å². The first-order valence-electron chi connectivity index (χ1n) is 36.9. The zero-order valence-electron chi connectivity index (χ0n) is 68.7. The Morgan fingerprint density at radius 2 is 0.764 bits per heavy atom. The molecule has 0 fully saturated rings. The van der Waals surface area contributed by atoms with Crippen molar-refractivity contribution >= 4 is 40.1 Å². The topological polar surface area (TPSA) is 290 Å². The molecule has 28 heteroatoms. The number of pyridine rings is 6. The number of aliphatic hydroxyl groups excluding tert-OH is 3. The fourth-order valence-corrected chi connectivity index (χ4v) is 10.2. The number of ketones is 3. The predicted octanol–water partition coefficient (Wildman–Crippen LogP) is 22.9. The summed E-state index contributed by atoms with van der Waals surface area (Å²) in [5.41, 5.74) is 11.1. The van der Waals surface area contributed by atoms with Gasteiger partial charge in [-0.05, 0) is 135 Å². The zero-order chi connectivity index (χ0) is 88.6. The number of aliphatic hydroxyl groups is 3. The Balaban J connectivity index is 0.000000722. The van der Waals surface area contributed by atoms with Crippen LogP contribution in [-0.4, -0.2) is 94.7 Å². The summed E-state index contributed by atoms with van der Waals surface area (Å²) in [6, 6.07) is 98.9. The molecule has 7 aromatic heterocycles. The van der Waals surface area contributed by atoms with E-state index in [-0.39, 0.29) is 152 Å². The Morgan fingerprint density at radius 1 is 0.362 bits per heavy atom. The predicted molar refractivity (Wildman–Crippen MR) is 462 cm³/mol. The number of fused-ring (bicyclic) bond motifs is 1. The van der Waals surface area contributed by atoms with E-state index in [9.17, 15) is 45.9 Å². The van der Waals surface area contributed by atoms with Crippen LogP contribution in [0.15, 0.2) is 358 Å². The molecule has 7 heterocycles. The summed E-state index contributed by atoms with van der Waals surface area (Å²) in [7, 11) is 0. The van der Waals surface area contributed by atoms with Crippen molar-refractivity contribution < 1.29 is 172 Å². The van der Waals surface area contributed by atoms with E-state index in [1.807, 2.05) is 170 Å². The average molecular weight is 2600 g/mol. The van der Waals surface area contributed by atoms with Gasteiger partial charge in [-0.2, -0.15) is 13.2 Å². The molecule has 0 unspecified atom stereocenters. The van der Waals surface area contributed by atoms with Crippen molar-refractivity contribution in [1.29, 1.82) is 0 Å². The summed E-state index contributed by atoms with van der Waals surface area (Å²) < 4.78 is 63.6. The van der Waals surface area contributed by atoms with Gasteiger partial charge in [0.15, 0.2) is 17.3 Å². The summed E-state index contributed by atoms with van der Waals surface area (Å²) in [5.74, 6) is -3.45. The summed E-state index contributed by atoms with van der Waals surface area (Å²) in [5, 5.41) is 44.1. The molecule has 0 saturated carbocycles. The van der Waals surface area contributed by atoms with Gasteiger partial charge in [0.05, 0.1) is 28.7 Å². The van der Waals surface area contributed by atoms with Gasteiger partial charge in [-0.1, -0.05) is 152 Å². The minimum absolute atomic E-state index is 0. The molecule has 0 aliphatic heterocycles. The number of carbonyl (C=O) groups is 5. The first-order chi connectivity index (χ1) is 58.6. The molecule has 0 aliphatic rings. The summed E-state index contributed by atoms with van der Waals surface area (Å²) in [6.45, 7) is 10.2. The van der Waals surface area contributed by atoms with Gasteiger partial charge in [0, 0.05) is 185 Å². The molecule has 5 radical (unpaired) electrons. The summed E-state index contributed by atoms with van der Waals surface area (Å²) >= 11 is 0. The van der Waals surface area contributed by atoms with Crippen molar-refractivity contribution in [3.8, 4) is 78.8 Å². The molecule has 0 amide bonds. The second kappa shape index (κ2) is 61.7. The van der Waals surface area contributed by atoms with Crippen molar-refractivity contribution in [2.75, 3.05) is 0 Å². The van der Waals surface area contributed by atoms with E-state index in [0.717, 1.165) is 74.5 Å². The van der Waals surface area contributed by atoms with Crippen molar-refractivity contribution in [3.05, 3.63) is 422 Å². The van der Waals surface area contributed by atoms with E-state index in [0.29, 0.717) is 22.5 Å². The van der Waals surface area contributed by atoms with Crippen LogP contribution in [0.1, 0.15) is 73.6 Å². The molecule has 0 aliphatic carbocycles. The molecule has 0 bridgehead atoms. The van der Waals surface area contributed by atoms with Crippen LogP contribution in [0.5, 0.6) is 0 Å². The molecule has 0 atom stereocenters. The van der Waals surface area contributed by atoms with Crippen molar-refractivity contribution in [3.63, 3.8) is 0 Å². The van der Waals surface area contributed by atoms with E-state index >= 15 is 0 Å². The molecule has 0 spiro atoms.